The van der Waals surface area contributed by atoms with E-state index in [0.29, 0.717) is 61.8 Å². The van der Waals surface area contributed by atoms with E-state index in [1.807, 2.05) is 4.90 Å². The fourth-order valence-corrected chi connectivity index (χ4v) is 4.80. The molecule has 5 rings (SSSR count). The molecule has 1 amide bonds. The Morgan fingerprint density at radius 3 is 2.44 bits per heavy atom. The van der Waals surface area contributed by atoms with Crippen molar-refractivity contribution in [3.8, 4) is 17.1 Å². The molecule has 9 nitrogen and oxygen atoms in total. The number of halogens is 3. The number of benzene rings is 1. The molecule has 0 radical (unpaired) electrons. The van der Waals surface area contributed by atoms with Gasteiger partial charge in [-0.1, -0.05) is 0 Å². The van der Waals surface area contributed by atoms with Crippen molar-refractivity contribution in [3.05, 3.63) is 59.2 Å². The SMILES string of the molecule is CC(C)(O)C(=O)N1CCc2nc(N3CCC(Oc4ccc(F)cc4F)CC3)c(-c3ccc(F)c(N)n3)nc2C1. The van der Waals surface area contributed by atoms with Gasteiger partial charge in [0.25, 0.3) is 5.91 Å². The molecule has 3 aromatic rings. The molecular weight excluding hydrogens is 513 g/mol. The second-order valence-electron chi connectivity index (χ2n) is 10.3. The molecule has 1 saturated heterocycles. The van der Waals surface area contributed by atoms with E-state index in [0.717, 1.165) is 17.8 Å². The van der Waals surface area contributed by atoms with Gasteiger partial charge in [0, 0.05) is 45.0 Å². The lowest BCUT2D eigenvalue weighted by atomic mass is 10.0. The summed E-state index contributed by atoms with van der Waals surface area (Å²) in [6.07, 6.45) is 1.25. The number of rotatable bonds is 5. The monoisotopic (exact) mass is 542 g/mol. The number of carbonyl (C=O) groups excluding carboxylic acids is 1. The third-order valence-corrected chi connectivity index (χ3v) is 6.85. The number of piperidine rings is 1. The summed E-state index contributed by atoms with van der Waals surface area (Å²) in [5.41, 5.74) is 6.23. The number of nitrogens with two attached hydrogens (primary N) is 1. The quantitative estimate of drug-likeness (QED) is 0.505. The van der Waals surface area contributed by atoms with Gasteiger partial charge < -0.3 is 25.4 Å². The van der Waals surface area contributed by atoms with E-state index in [1.165, 1.54) is 36.9 Å². The summed E-state index contributed by atoms with van der Waals surface area (Å²) < 4.78 is 47.0. The van der Waals surface area contributed by atoms with Crippen molar-refractivity contribution >= 4 is 17.5 Å². The Morgan fingerprint density at radius 2 is 1.77 bits per heavy atom. The number of nitrogen functional groups attached to an aromatic ring is 1. The number of amides is 1. The van der Waals surface area contributed by atoms with Crippen LogP contribution in [0.15, 0.2) is 30.3 Å². The lowest BCUT2D eigenvalue weighted by molar-refractivity contribution is -0.148. The van der Waals surface area contributed by atoms with Gasteiger partial charge in [0.15, 0.2) is 29.0 Å². The van der Waals surface area contributed by atoms with Gasteiger partial charge in [0.05, 0.1) is 23.6 Å². The maximum Gasteiger partial charge on any atom is 0.254 e. The molecule has 0 aliphatic carbocycles. The second kappa shape index (κ2) is 10.3. The predicted octanol–water partition coefficient (Wildman–Crippen LogP) is 3.24. The predicted molar refractivity (Wildman–Crippen MR) is 137 cm³/mol. The highest BCUT2D eigenvalue weighted by molar-refractivity contribution is 5.84. The van der Waals surface area contributed by atoms with Crippen LogP contribution in [-0.4, -0.2) is 62.2 Å². The van der Waals surface area contributed by atoms with Gasteiger partial charge in [-0.3, -0.25) is 4.79 Å². The number of ether oxygens (including phenoxy) is 1. The Hall–Kier alpha value is -3.93. The van der Waals surface area contributed by atoms with Crippen LogP contribution in [0.4, 0.5) is 24.8 Å². The standard InChI is InChI=1S/C27H29F3N6O3/c1-27(2,38)26(37)36-12-9-19-21(14-36)32-23(20-5-4-17(29)24(31)33-20)25(34-19)35-10-7-16(8-11-35)39-22-6-3-15(28)13-18(22)30/h3-6,13,16,38H,7-12,14H2,1-2H3,(H2,31,33). The Bertz CT molecular complexity index is 1410. The van der Waals surface area contributed by atoms with E-state index in [9.17, 15) is 23.1 Å². The highest BCUT2D eigenvalue weighted by Gasteiger charge is 2.34. The smallest absolute Gasteiger partial charge is 0.254 e. The van der Waals surface area contributed by atoms with Crippen molar-refractivity contribution in [2.75, 3.05) is 30.3 Å². The summed E-state index contributed by atoms with van der Waals surface area (Å²) >= 11 is 0. The van der Waals surface area contributed by atoms with Crippen LogP contribution in [-0.2, 0) is 17.8 Å². The third-order valence-electron chi connectivity index (χ3n) is 6.85. The first-order chi connectivity index (χ1) is 18.5. The Balaban J connectivity index is 1.42. The summed E-state index contributed by atoms with van der Waals surface area (Å²) in [6.45, 7) is 4.43. The van der Waals surface area contributed by atoms with Gasteiger partial charge in [-0.2, -0.15) is 0 Å². The van der Waals surface area contributed by atoms with Crippen LogP contribution >= 0.6 is 0 Å². The van der Waals surface area contributed by atoms with Crippen LogP contribution in [0.25, 0.3) is 11.4 Å². The lowest BCUT2D eigenvalue weighted by Gasteiger charge is -2.35. The first-order valence-corrected chi connectivity index (χ1v) is 12.7. The van der Waals surface area contributed by atoms with Gasteiger partial charge in [0.2, 0.25) is 0 Å². The Morgan fingerprint density at radius 1 is 1.03 bits per heavy atom. The molecule has 3 N–H and O–H groups in total. The average molecular weight is 543 g/mol. The van der Waals surface area contributed by atoms with E-state index in [4.69, 9.17) is 20.4 Å². The van der Waals surface area contributed by atoms with E-state index < -0.39 is 29.0 Å². The minimum Gasteiger partial charge on any atom is -0.487 e. The molecule has 1 aromatic carbocycles. The minimum absolute atomic E-state index is 0.000238. The van der Waals surface area contributed by atoms with Crippen molar-refractivity contribution in [2.24, 2.45) is 0 Å². The Kier molecular flexibility index (Phi) is 7.06. The highest BCUT2D eigenvalue weighted by atomic mass is 19.1. The maximum atomic E-state index is 14.1. The highest BCUT2D eigenvalue weighted by Crippen LogP contribution is 2.33. The number of aliphatic hydroxyl groups is 1. The van der Waals surface area contributed by atoms with Crippen molar-refractivity contribution in [1.29, 1.82) is 0 Å². The largest absolute Gasteiger partial charge is 0.487 e. The van der Waals surface area contributed by atoms with Crippen LogP contribution in [0.2, 0.25) is 0 Å². The fraction of sp³-hybridized carbons (Fsp3) is 0.407. The molecule has 0 bridgehead atoms. The van der Waals surface area contributed by atoms with Crippen LogP contribution in [0.3, 0.4) is 0 Å². The molecule has 4 heterocycles. The number of pyridine rings is 1. The summed E-state index contributed by atoms with van der Waals surface area (Å²) in [6, 6.07) is 5.91. The molecule has 206 valence electrons. The molecule has 0 saturated carbocycles. The number of anilines is 2. The molecule has 39 heavy (non-hydrogen) atoms. The van der Waals surface area contributed by atoms with Gasteiger partial charge in [0.1, 0.15) is 23.2 Å². The zero-order chi connectivity index (χ0) is 27.9. The topological polar surface area (TPSA) is 118 Å². The molecule has 0 atom stereocenters. The Labute approximate surface area is 223 Å². The van der Waals surface area contributed by atoms with Crippen molar-refractivity contribution < 1.29 is 27.8 Å². The van der Waals surface area contributed by atoms with Gasteiger partial charge in [-0.05, 0) is 38.1 Å². The van der Waals surface area contributed by atoms with Gasteiger partial charge in [-0.15, -0.1) is 0 Å². The number of fused-ring (bicyclic) bond motifs is 1. The first kappa shape index (κ1) is 26.7. The van der Waals surface area contributed by atoms with Crippen LogP contribution in [0, 0.1) is 17.5 Å². The normalized spacial score (nSPS) is 16.3. The molecule has 2 aliphatic rings. The third kappa shape index (κ3) is 5.60. The summed E-state index contributed by atoms with van der Waals surface area (Å²) in [5.74, 6) is -2.22. The number of nitrogens with zero attached hydrogens (tertiary/aromatic N) is 5. The number of hydrogen-bond acceptors (Lipinski definition) is 8. The number of carbonyl (C=O) groups is 1. The van der Waals surface area contributed by atoms with E-state index in [1.54, 1.807) is 0 Å². The molecule has 0 unspecified atom stereocenters. The molecule has 1 fully saturated rings. The van der Waals surface area contributed by atoms with Crippen LogP contribution in [0.1, 0.15) is 38.1 Å². The maximum absolute atomic E-state index is 14.1. The van der Waals surface area contributed by atoms with E-state index in [2.05, 4.69) is 4.98 Å². The molecule has 0 spiro atoms. The molecule has 2 aromatic heterocycles. The number of aromatic nitrogens is 3. The second-order valence-corrected chi connectivity index (χ2v) is 10.3. The van der Waals surface area contributed by atoms with Crippen LogP contribution < -0.4 is 15.4 Å². The van der Waals surface area contributed by atoms with Gasteiger partial charge in [-0.25, -0.2) is 28.1 Å². The lowest BCUT2D eigenvalue weighted by Crippen LogP contribution is -2.47. The zero-order valence-corrected chi connectivity index (χ0v) is 21.6. The van der Waals surface area contributed by atoms with Crippen molar-refractivity contribution in [3.63, 3.8) is 0 Å². The average Bonchev–Trinajstić information content (AvgIpc) is 2.90. The zero-order valence-electron chi connectivity index (χ0n) is 21.6. The molecule has 2 aliphatic heterocycles. The van der Waals surface area contributed by atoms with Crippen LogP contribution in [0.5, 0.6) is 5.75 Å². The molecular formula is C27H29F3N6O3. The van der Waals surface area contributed by atoms with Crippen molar-refractivity contribution in [2.45, 2.75) is 51.4 Å². The molecule has 12 heteroatoms. The summed E-state index contributed by atoms with van der Waals surface area (Å²) in [5, 5.41) is 10.2. The summed E-state index contributed by atoms with van der Waals surface area (Å²) in [4.78, 5) is 30.1. The van der Waals surface area contributed by atoms with E-state index in [-0.39, 0.29) is 24.2 Å². The van der Waals surface area contributed by atoms with E-state index >= 15 is 0 Å². The number of hydrogen-bond donors (Lipinski definition) is 2. The summed E-state index contributed by atoms with van der Waals surface area (Å²) in [7, 11) is 0. The minimum atomic E-state index is -1.52. The van der Waals surface area contributed by atoms with Crippen molar-refractivity contribution in [1.82, 2.24) is 19.9 Å². The van der Waals surface area contributed by atoms with Gasteiger partial charge >= 0.3 is 0 Å². The first-order valence-electron chi connectivity index (χ1n) is 12.7. The fourth-order valence-electron chi connectivity index (χ4n) is 4.80.